The number of aryl methyl sites for hydroxylation is 1. The number of esters is 1. The fourth-order valence-electron chi connectivity index (χ4n) is 3.39. The van der Waals surface area contributed by atoms with Crippen LogP contribution >= 0.6 is 11.3 Å². The molecule has 1 atom stereocenters. The second-order valence-corrected chi connectivity index (χ2v) is 8.19. The molecule has 9 heteroatoms. The van der Waals surface area contributed by atoms with Crippen LogP contribution in [0.3, 0.4) is 0 Å². The molecule has 0 aliphatic heterocycles. The van der Waals surface area contributed by atoms with Gasteiger partial charge >= 0.3 is 5.97 Å². The van der Waals surface area contributed by atoms with Gasteiger partial charge in [0.05, 0.1) is 17.6 Å². The average molecular weight is 418 g/mol. The summed E-state index contributed by atoms with van der Waals surface area (Å²) >= 11 is 1.40. The summed E-state index contributed by atoms with van der Waals surface area (Å²) in [6.45, 7) is 3.49. The third kappa shape index (κ3) is 4.56. The maximum Gasteiger partial charge on any atom is 0.341 e. The Morgan fingerprint density at radius 3 is 2.79 bits per heavy atom. The van der Waals surface area contributed by atoms with Crippen LogP contribution in [0, 0.1) is 23.0 Å². The first-order valence-corrected chi connectivity index (χ1v) is 10.0. The van der Waals surface area contributed by atoms with Gasteiger partial charge in [0.25, 0.3) is 11.6 Å². The highest BCUT2D eigenvalue weighted by Crippen LogP contribution is 2.40. The van der Waals surface area contributed by atoms with E-state index in [-0.39, 0.29) is 12.3 Å². The van der Waals surface area contributed by atoms with Gasteiger partial charge in [-0.25, -0.2) is 4.79 Å². The molecular formula is C20H22N2O6S. The molecule has 1 aliphatic rings. The van der Waals surface area contributed by atoms with Crippen LogP contribution < -0.4 is 10.1 Å². The highest BCUT2D eigenvalue weighted by Gasteiger charge is 2.29. The minimum Gasteiger partial charge on any atom is -0.484 e. The van der Waals surface area contributed by atoms with Crippen LogP contribution in [0.15, 0.2) is 18.2 Å². The Balaban J connectivity index is 1.71. The number of ether oxygens (including phenoxy) is 2. The first kappa shape index (κ1) is 20.8. The Kier molecular flexibility index (Phi) is 6.17. The predicted octanol–water partition coefficient (Wildman–Crippen LogP) is 3.89. The lowest BCUT2D eigenvalue weighted by atomic mass is 9.88. The Morgan fingerprint density at radius 1 is 1.38 bits per heavy atom. The number of fused-ring (bicyclic) bond motifs is 1. The number of hydrogen-bond donors (Lipinski definition) is 1. The number of nitro groups is 1. The number of nitro benzene ring substituents is 1. The molecule has 1 N–H and O–H groups in total. The minimum absolute atomic E-state index is 0.0112. The van der Waals surface area contributed by atoms with Crippen molar-refractivity contribution in [3.63, 3.8) is 0 Å². The highest BCUT2D eigenvalue weighted by molar-refractivity contribution is 7.17. The lowest BCUT2D eigenvalue weighted by molar-refractivity contribution is -0.385. The number of rotatable bonds is 6. The zero-order valence-corrected chi connectivity index (χ0v) is 17.3. The Hall–Kier alpha value is -2.94. The lowest BCUT2D eigenvalue weighted by Crippen LogP contribution is -2.21. The molecule has 1 amide bonds. The number of thiophene rings is 1. The van der Waals surface area contributed by atoms with E-state index in [0.29, 0.717) is 27.8 Å². The fourth-order valence-corrected chi connectivity index (χ4v) is 4.81. The standard InChI is InChI=1S/C20H22N2O6S/c1-11-4-6-14-16(8-11)29-19(18(14)20(24)27-3)21-17(23)10-28-13-5-7-15(22(25)26)12(2)9-13/h5,7,9,11H,4,6,8,10H2,1-3H3,(H,21,23). The number of hydrogen-bond acceptors (Lipinski definition) is 7. The smallest absolute Gasteiger partial charge is 0.341 e. The van der Waals surface area contributed by atoms with Crippen LogP contribution in [-0.2, 0) is 22.4 Å². The molecule has 8 nitrogen and oxygen atoms in total. The van der Waals surface area contributed by atoms with E-state index >= 15 is 0 Å². The third-order valence-corrected chi connectivity index (χ3v) is 6.06. The molecule has 0 saturated carbocycles. The molecule has 0 spiro atoms. The number of nitrogens with one attached hydrogen (secondary N) is 1. The van der Waals surface area contributed by atoms with Crippen molar-refractivity contribution in [3.8, 4) is 5.75 Å². The number of benzene rings is 1. The number of methoxy groups -OCH3 is 1. The van der Waals surface area contributed by atoms with Crippen LogP contribution in [0.4, 0.5) is 10.7 Å². The summed E-state index contributed by atoms with van der Waals surface area (Å²) in [4.78, 5) is 36.2. The van der Waals surface area contributed by atoms with Crippen LogP contribution in [0.2, 0.25) is 0 Å². The van der Waals surface area contributed by atoms with Gasteiger partial charge in [0.2, 0.25) is 0 Å². The van der Waals surface area contributed by atoms with Gasteiger partial charge in [-0.1, -0.05) is 6.92 Å². The van der Waals surface area contributed by atoms with Gasteiger partial charge in [0.1, 0.15) is 10.8 Å². The average Bonchev–Trinajstić information content (AvgIpc) is 3.02. The summed E-state index contributed by atoms with van der Waals surface area (Å²) in [7, 11) is 1.32. The number of carbonyl (C=O) groups is 2. The zero-order chi connectivity index (χ0) is 21.1. The van der Waals surface area contributed by atoms with E-state index in [2.05, 4.69) is 12.2 Å². The van der Waals surface area contributed by atoms with E-state index in [1.54, 1.807) is 6.92 Å². The van der Waals surface area contributed by atoms with Gasteiger partial charge in [-0.15, -0.1) is 11.3 Å². The van der Waals surface area contributed by atoms with Gasteiger partial charge in [0, 0.05) is 16.5 Å². The van der Waals surface area contributed by atoms with E-state index in [1.165, 1.54) is 36.6 Å². The second-order valence-electron chi connectivity index (χ2n) is 7.09. The molecule has 3 rings (SSSR count). The number of anilines is 1. The maximum absolute atomic E-state index is 12.4. The lowest BCUT2D eigenvalue weighted by Gasteiger charge is -2.18. The maximum atomic E-state index is 12.4. The second kappa shape index (κ2) is 8.60. The molecule has 1 aliphatic carbocycles. The predicted molar refractivity (Wildman–Crippen MR) is 109 cm³/mol. The minimum atomic E-state index is -0.473. The highest BCUT2D eigenvalue weighted by atomic mass is 32.1. The van der Waals surface area contributed by atoms with Crippen molar-refractivity contribution in [3.05, 3.63) is 49.9 Å². The fraction of sp³-hybridized carbons (Fsp3) is 0.400. The van der Waals surface area contributed by atoms with Gasteiger partial charge in [-0.2, -0.15) is 0 Å². The van der Waals surface area contributed by atoms with Crippen molar-refractivity contribution in [2.75, 3.05) is 19.0 Å². The number of nitrogens with zero attached hydrogens (tertiary/aromatic N) is 1. The van der Waals surface area contributed by atoms with Gasteiger partial charge in [0.15, 0.2) is 6.61 Å². The Bertz CT molecular complexity index is 968. The molecule has 1 heterocycles. The molecule has 2 aromatic rings. The van der Waals surface area contributed by atoms with Crippen molar-refractivity contribution < 1.29 is 24.0 Å². The Morgan fingerprint density at radius 2 is 2.14 bits per heavy atom. The molecule has 1 aromatic heterocycles. The summed E-state index contributed by atoms with van der Waals surface area (Å²) < 4.78 is 10.4. The summed E-state index contributed by atoms with van der Waals surface area (Å²) in [5.74, 6) is 0.0109. The monoisotopic (exact) mass is 418 g/mol. The molecule has 0 saturated heterocycles. The molecule has 0 fully saturated rings. The van der Waals surface area contributed by atoms with Crippen molar-refractivity contribution in [2.45, 2.75) is 33.1 Å². The molecular weight excluding hydrogens is 396 g/mol. The van der Waals surface area contributed by atoms with Crippen molar-refractivity contribution in [1.82, 2.24) is 0 Å². The topological polar surface area (TPSA) is 108 Å². The summed E-state index contributed by atoms with van der Waals surface area (Å²) in [6, 6.07) is 4.30. The van der Waals surface area contributed by atoms with E-state index in [0.717, 1.165) is 29.7 Å². The van der Waals surface area contributed by atoms with Crippen LogP contribution in [0.1, 0.15) is 39.7 Å². The molecule has 1 unspecified atom stereocenters. The van der Waals surface area contributed by atoms with E-state index in [4.69, 9.17) is 9.47 Å². The van der Waals surface area contributed by atoms with E-state index < -0.39 is 16.8 Å². The van der Waals surface area contributed by atoms with Gasteiger partial charge < -0.3 is 14.8 Å². The molecule has 0 radical (unpaired) electrons. The zero-order valence-electron chi connectivity index (χ0n) is 16.4. The normalized spacial score (nSPS) is 15.3. The summed E-state index contributed by atoms with van der Waals surface area (Å²) in [6.07, 6.45) is 2.65. The number of amides is 1. The first-order chi connectivity index (χ1) is 13.8. The first-order valence-electron chi connectivity index (χ1n) is 9.20. The largest absolute Gasteiger partial charge is 0.484 e. The van der Waals surface area contributed by atoms with Crippen molar-refractivity contribution >= 4 is 33.9 Å². The van der Waals surface area contributed by atoms with Crippen molar-refractivity contribution in [1.29, 1.82) is 0 Å². The van der Waals surface area contributed by atoms with Crippen LogP contribution in [0.5, 0.6) is 5.75 Å². The summed E-state index contributed by atoms with van der Waals surface area (Å²) in [5, 5.41) is 14.1. The van der Waals surface area contributed by atoms with Gasteiger partial charge in [-0.3, -0.25) is 14.9 Å². The molecule has 1 aromatic carbocycles. The third-order valence-electron chi connectivity index (χ3n) is 4.89. The quantitative estimate of drug-likeness (QED) is 0.433. The SMILES string of the molecule is COC(=O)c1c(NC(=O)COc2ccc([N+](=O)[O-])c(C)c2)sc2c1CCC(C)C2. The van der Waals surface area contributed by atoms with E-state index in [9.17, 15) is 19.7 Å². The molecule has 0 bridgehead atoms. The van der Waals surface area contributed by atoms with E-state index in [1.807, 2.05) is 0 Å². The number of carbonyl (C=O) groups excluding carboxylic acids is 2. The molecule has 154 valence electrons. The summed E-state index contributed by atoms with van der Waals surface area (Å²) in [5.41, 5.74) is 1.82. The van der Waals surface area contributed by atoms with Crippen LogP contribution in [0.25, 0.3) is 0 Å². The van der Waals surface area contributed by atoms with Crippen molar-refractivity contribution in [2.24, 2.45) is 5.92 Å². The Labute approximate surface area is 172 Å². The van der Waals surface area contributed by atoms with Gasteiger partial charge in [-0.05, 0) is 49.8 Å². The molecule has 29 heavy (non-hydrogen) atoms. The van der Waals surface area contributed by atoms with Crippen LogP contribution in [-0.4, -0.2) is 30.5 Å².